The van der Waals surface area contributed by atoms with Crippen LogP contribution in [0.1, 0.15) is 12.5 Å². The number of benzene rings is 2. The van der Waals surface area contributed by atoms with Crippen LogP contribution in [-0.4, -0.2) is 38.9 Å². The fourth-order valence-electron chi connectivity index (χ4n) is 2.46. The van der Waals surface area contributed by atoms with Gasteiger partial charge in [0.1, 0.15) is 5.60 Å². The van der Waals surface area contributed by atoms with Gasteiger partial charge < -0.3 is 14.8 Å². The molecule has 0 fully saturated rings. The van der Waals surface area contributed by atoms with E-state index in [0.29, 0.717) is 19.6 Å². The van der Waals surface area contributed by atoms with E-state index < -0.39 is 5.60 Å². The lowest BCUT2D eigenvalue weighted by Gasteiger charge is -2.27. The Morgan fingerprint density at radius 2 is 1.86 bits per heavy atom. The van der Waals surface area contributed by atoms with Crippen LogP contribution in [0.25, 0.3) is 10.8 Å². The average Bonchev–Trinajstić information content (AvgIpc) is 2.54. The minimum atomic E-state index is -0.511. The van der Waals surface area contributed by atoms with Crippen LogP contribution in [0, 0.1) is 0 Å². The number of hydrogen-bond donors (Lipinski definition) is 1. The molecular formula is C18H23NO3. The van der Waals surface area contributed by atoms with Gasteiger partial charge in [-0.3, -0.25) is 4.79 Å². The molecule has 0 aliphatic heterocycles. The molecule has 2 rings (SSSR count). The molecule has 1 N–H and O–H groups in total. The highest BCUT2D eigenvalue weighted by Crippen LogP contribution is 2.19. The summed E-state index contributed by atoms with van der Waals surface area (Å²) in [5.41, 5.74) is 0.518. The predicted molar refractivity (Wildman–Crippen MR) is 88.0 cm³/mol. The van der Waals surface area contributed by atoms with Gasteiger partial charge in [-0.05, 0) is 23.3 Å². The summed E-state index contributed by atoms with van der Waals surface area (Å²) in [5, 5.41) is 5.19. The molecule has 0 heterocycles. The van der Waals surface area contributed by atoms with E-state index in [-0.39, 0.29) is 5.91 Å². The first-order chi connectivity index (χ1) is 10.6. The molecule has 118 valence electrons. The van der Waals surface area contributed by atoms with Gasteiger partial charge in [0, 0.05) is 20.8 Å². The zero-order valence-corrected chi connectivity index (χ0v) is 13.4. The molecule has 1 unspecified atom stereocenters. The van der Waals surface area contributed by atoms with Crippen LogP contribution in [0.2, 0.25) is 0 Å². The monoisotopic (exact) mass is 301 g/mol. The fourth-order valence-corrected chi connectivity index (χ4v) is 2.46. The SMILES string of the molecule is COCC(C)(CNC(=O)Cc1cccc2ccccc12)OC. The fraction of sp³-hybridized carbons (Fsp3) is 0.389. The third kappa shape index (κ3) is 4.06. The lowest BCUT2D eigenvalue weighted by molar-refractivity contribution is -0.122. The summed E-state index contributed by atoms with van der Waals surface area (Å²) in [6.45, 7) is 2.76. The zero-order chi connectivity index (χ0) is 16.0. The van der Waals surface area contributed by atoms with Crippen LogP contribution < -0.4 is 5.32 Å². The summed E-state index contributed by atoms with van der Waals surface area (Å²) in [5.74, 6) is -0.0178. The normalized spacial score (nSPS) is 13.8. The van der Waals surface area contributed by atoms with Gasteiger partial charge in [0.2, 0.25) is 5.91 Å². The lowest BCUT2D eigenvalue weighted by Crippen LogP contribution is -2.45. The summed E-state index contributed by atoms with van der Waals surface area (Å²) in [6, 6.07) is 14.1. The number of fused-ring (bicyclic) bond motifs is 1. The van der Waals surface area contributed by atoms with Crippen molar-refractivity contribution in [3.05, 3.63) is 48.0 Å². The van der Waals surface area contributed by atoms with Crippen LogP contribution in [0.5, 0.6) is 0 Å². The number of carbonyl (C=O) groups is 1. The van der Waals surface area contributed by atoms with Crippen LogP contribution in [-0.2, 0) is 20.7 Å². The number of nitrogens with one attached hydrogen (secondary N) is 1. The second-order valence-corrected chi connectivity index (χ2v) is 5.68. The molecule has 1 amide bonds. The largest absolute Gasteiger partial charge is 0.382 e. The second kappa shape index (κ2) is 7.38. The second-order valence-electron chi connectivity index (χ2n) is 5.68. The lowest BCUT2D eigenvalue weighted by atomic mass is 10.0. The third-order valence-electron chi connectivity index (χ3n) is 3.83. The zero-order valence-electron chi connectivity index (χ0n) is 13.4. The third-order valence-corrected chi connectivity index (χ3v) is 3.83. The molecule has 0 radical (unpaired) electrons. The van der Waals surface area contributed by atoms with Crippen LogP contribution >= 0.6 is 0 Å². The molecule has 0 aliphatic carbocycles. The maximum Gasteiger partial charge on any atom is 0.224 e. The van der Waals surface area contributed by atoms with Gasteiger partial charge in [-0.2, -0.15) is 0 Å². The standard InChI is InChI=1S/C18H23NO3/c1-18(22-3,13-21-2)12-19-17(20)11-15-9-6-8-14-7-4-5-10-16(14)15/h4-10H,11-13H2,1-3H3,(H,19,20). The van der Waals surface area contributed by atoms with Gasteiger partial charge in [-0.25, -0.2) is 0 Å². The predicted octanol–water partition coefficient (Wildman–Crippen LogP) is 2.55. The molecule has 0 bridgehead atoms. The van der Waals surface area contributed by atoms with E-state index in [1.54, 1.807) is 14.2 Å². The van der Waals surface area contributed by atoms with E-state index >= 15 is 0 Å². The molecule has 2 aromatic carbocycles. The first kappa shape index (κ1) is 16.5. The van der Waals surface area contributed by atoms with Crippen molar-refractivity contribution in [3.63, 3.8) is 0 Å². The van der Waals surface area contributed by atoms with Gasteiger partial charge in [0.05, 0.1) is 13.0 Å². The molecule has 22 heavy (non-hydrogen) atoms. The van der Waals surface area contributed by atoms with Crippen LogP contribution in [0.4, 0.5) is 0 Å². The molecular weight excluding hydrogens is 278 g/mol. The number of amides is 1. The summed E-state index contributed by atoms with van der Waals surface area (Å²) in [6.07, 6.45) is 0.355. The Morgan fingerprint density at radius 1 is 1.14 bits per heavy atom. The molecule has 0 saturated heterocycles. The maximum absolute atomic E-state index is 12.2. The van der Waals surface area contributed by atoms with Crippen molar-refractivity contribution in [1.82, 2.24) is 5.32 Å². The van der Waals surface area contributed by atoms with Crippen molar-refractivity contribution in [2.24, 2.45) is 0 Å². The van der Waals surface area contributed by atoms with E-state index in [4.69, 9.17) is 9.47 Å². The van der Waals surface area contributed by atoms with E-state index in [2.05, 4.69) is 17.4 Å². The van der Waals surface area contributed by atoms with Gasteiger partial charge in [-0.15, -0.1) is 0 Å². The van der Waals surface area contributed by atoms with Crippen LogP contribution in [0.15, 0.2) is 42.5 Å². The van der Waals surface area contributed by atoms with Gasteiger partial charge in [-0.1, -0.05) is 42.5 Å². The molecule has 0 saturated carbocycles. The van der Waals surface area contributed by atoms with Crippen molar-refractivity contribution >= 4 is 16.7 Å². The quantitative estimate of drug-likeness (QED) is 0.855. The molecule has 2 aromatic rings. The van der Waals surface area contributed by atoms with Crippen molar-refractivity contribution in [1.29, 1.82) is 0 Å². The van der Waals surface area contributed by atoms with Gasteiger partial charge in [0.15, 0.2) is 0 Å². The Balaban J connectivity index is 2.02. The number of hydrogen-bond acceptors (Lipinski definition) is 3. The highest BCUT2D eigenvalue weighted by atomic mass is 16.5. The van der Waals surface area contributed by atoms with Crippen molar-refractivity contribution in [2.75, 3.05) is 27.4 Å². The Hall–Kier alpha value is -1.91. The van der Waals surface area contributed by atoms with E-state index in [0.717, 1.165) is 16.3 Å². The highest BCUT2D eigenvalue weighted by Gasteiger charge is 2.24. The van der Waals surface area contributed by atoms with Crippen molar-refractivity contribution in [3.8, 4) is 0 Å². The number of carbonyl (C=O) groups excluding carboxylic acids is 1. The Bertz CT molecular complexity index is 636. The summed E-state index contributed by atoms with van der Waals surface area (Å²) < 4.78 is 10.5. The molecule has 1 atom stereocenters. The van der Waals surface area contributed by atoms with Crippen molar-refractivity contribution in [2.45, 2.75) is 18.9 Å². The average molecular weight is 301 g/mol. The number of methoxy groups -OCH3 is 2. The smallest absolute Gasteiger partial charge is 0.224 e. The number of rotatable bonds is 7. The molecule has 4 heteroatoms. The Kier molecular flexibility index (Phi) is 5.52. The molecule has 0 aliphatic rings. The minimum Gasteiger partial charge on any atom is -0.382 e. The Labute approximate surface area is 131 Å². The van der Waals surface area contributed by atoms with E-state index in [1.165, 1.54) is 0 Å². The topological polar surface area (TPSA) is 47.6 Å². The summed E-state index contributed by atoms with van der Waals surface area (Å²) in [4.78, 5) is 12.2. The summed E-state index contributed by atoms with van der Waals surface area (Å²) >= 11 is 0. The molecule has 0 aromatic heterocycles. The Morgan fingerprint density at radius 3 is 2.59 bits per heavy atom. The first-order valence-electron chi connectivity index (χ1n) is 7.35. The highest BCUT2D eigenvalue weighted by molar-refractivity contribution is 5.90. The van der Waals surface area contributed by atoms with Crippen LogP contribution in [0.3, 0.4) is 0 Å². The van der Waals surface area contributed by atoms with Gasteiger partial charge in [0.25, 0.3) is 0 Å². The molecule has 4 nitrogen and oxygen atoms in total. The van der Waals surface area contributed by atoms with Gasteiger partial charge >= 0.3 is 0 Å². The van der Waals surface area contributed by atoms with E-state index in [1.807, 2.05) is 37.3 Å². The molecule has 0 spiro atoms. The maximum atomic E-state index is 12.2. The van der Waals surface area contributed by atoms with Crippen molar-refractivity contribution < 1.29 is 14.3 Å². The van der Waals surface area contributed by atoms with E-state index in [9.17, 15) is 4.79 Å². The minimum absolute atomic E-state index is 0.0178. The number of ether oxygens (including phenoxy) is 2. The first-order valence-corrected chi connectivity index (χ1v) is 7.35. The summed E-state index contributed by atoms with van der Waals surface area (Å²) in [7, 11) is 3.24.